The number of nitrogens with one attached hydrogen (secondary N) is 1. The topological polar surface area (TPSA) is 21.3 Å². The minimum Gasteiger partial charge on any atom is -0.378 e. The summed E-state index contributed by atoms with van der Waals surface area (Å²) >= 11 is 0. The summed E-state index contributed by atoms with van der Waals surface area (Å²) in [5.74, 6) is 0.740. The first-order valence-corrected chi connectivity index (χ1v) is 4.67. The van der Waals surface area contributed by atoms with Gasteiger partial charge in [0.15, 0.2) is 0 Å². The molecule has 66 valence electrons. The summed E-state index contributed by atoms with van der Waals surface area (Å²) in [4.78, 5) is 0. The van der Waals surface area contributed by atoms with Crippen molar-refractivity contribution in [3.8, 4) is 0 Å². The molecule has 0 saturated carbocycles. The molecule has 1 fully saturated rings. The molecule has 1 heterocycles. The van der Waals surface area contributed by atoms with Gasteiger partial charge in [-0.3, -0.25) is 0 Å². The molecule has 0 aromatic rings. The van der Waals surface area contributed by atoms with Crippen LogP contribution in [0.2, 0.25) is 0 Å². The normalized spacial score (nSPS) is 28.4. The van der Waals surface area contributed by atoms with E-state index in [9.17, 15) is 0 Å². The van der Waals surface area contributed by atoms with E-state index in [0.29, 0.717) is 6.10 Å². The fourth-order valence-corrected chi connectivity index (χ4v) is 1.68. The second-order valence-electron chi connectivity index (χ2n) is 3.27. The van der Waals surface area contributed by atoms with E-state index in [-0.39, 0.29) is 0 Å². The Morgan fingerprint density at radius 2 is 2.45 bits per heavy atom. The van der Waals surface area contributed by atoms with Crippen LogP contribution < -0.4 is 5.32 Å². The summed E-state index contributed by atoms with van der Waals surface area (Å²) in [7, 11) is 0. The molecule has 1 aliphatic heterocycles. The molecule has 0 amide bonds. The van der Waals surface area contributed by atoms with E-state index >= 15 is 0 Å². The summed E-state index contributed by atoms with van der Waals surface area (Å²) in [6, 6.07) is 0. The van der Waals surface area contributed by atoms with Gasteiger partial charge in [0.1, 0.15) is 0 Å². The first-order valence-electron chi connectivity index (χ1n) is 4.67. The molecular weight excluding hydrogens is 138 g/mol. The number of ether oxygens (including phenoxy) is 1. The maximum atomic E-state index is 5.54. The van der Waals surface area contributed by atoms with Gasteiger partial charge in [-0.2, -0.15) is 0 Å². The Bertz CT molecular complexity index is 99.7. The quantitative estimate of drug-likeness (QED) is 0.669. The first kappa shape index (κ1) is 9.01. The fraction of sp³-hybridized carbons (Fsp3) is 1.00. The summed E-state index contributed by atoms with van der Waals surface area (Å²) in [5.41, 5.74) is 0. The van der Waals surface area contributed by atoms with Gasteiger partial charge in [-0.25, -0.2) is 0 Å². The van der Waals surface area contributed by atoms with Gasteiger partial charge in [0.05, 0.1) is 6.10 Å². The van der Waals surface area contributed by atoms with Gasteiger partial charge < -0.3 is 10.1 Å². The van der Waals surface area contributed by atoms with Gasteiger partial charge in [-0.1, -0.05) is 0 Å². The molecule has 11 heavy (non-hydrogen) atoms. The molecular formula is C9H19NO. The van der Waals surface area contributed by atoms with Crippen LogP contribution in [-0.4, -0.2) is 25.8 Å². The monoisotopic (exact) mass is 157 g/mol. The summed E-state index contributed by atoms with van der Waals surface area (Å²) in [6.07, 6.45) is 3.07. The highest BCUT2D eigenvalue weighted by atomic mass is 16.5. The van der Waals surface area contributed by atoms with Crippen molar-refractivity contribution < 1.29 is 4.74 Å². The molecule has 0 radical (unpaired) electrons. The Balaban J connectivity index is 2.21. The second kappa shape index (κ2) is 4.73. The van der Waals surface area contributed by atoms with E-state index in [1.807, 2.05) is 0 Å². The van der Waals surface area contributed by atoms with Crippen LogP contribution in [0.4, 0.5) is 0 Å². The Hall–Kier alpha value is -0.0800. The number of piperidine rings is 1. The molecule has 0 aliphatic carbocycles. The molecule has 1 N–H and O–H groups in total. The van der Waals surface area contributed by atoms with Crippen molar-refractivity contribution in [2.45, 2.75) is 32.8 Å². The average molecular weight is 157 g/mol. The third-order valence-electron chi connectivity index (χ3n) is 2.43. The molecule has 2 heteroatoms. The lowest BCUT2D eigenvalue weighted by Crippen LogP contribution is -2.36. The lowest BCUT2D eigenvalue weighted by Gasteiger charge is -2.27. The third kappa shape index (κ3) is 2.80. The minimum absolute atomic E-state index is 0.438. The van der Waals surface area contributed by atoms with E-state index in [1.165, 1.54) is 19.4 Å². The smallest absolute Gasteiger partial charge is 0.0587 e. The van der Waals surface area contributed by atoms with E-state index in [1.54, 1.807) is 0 Å². The predicted octanol–water partition coefficient (Wildman–Crippen LogP) is 1.41. The Labute approximate surface area is 69.3 Å². The third-order valence-corrected chi connectivity index (χ3v) is 2.43. The zero-order chi connectivity index (χ0) is 8.10. The minimum atomic E-state index is 0.438. The van der Waals surface area contributed by atoms with Gasteiger partial charge in [-0.05, 0) is 39.2 Å². The number of hydrogen-bond acceptors (Lipinski definition) is 2. The van der Waals surface area contributed by atoms with Crippen LogP contribution in [0.1, 0.15) is 26.7 Å². The van der Waals surface area contributed by atoms with E-state index < -0.39 is 0 Å². The molecule has 0 bridgehead atoms. The summed E-state index contributed by atoms with van der Waals surface area (Å²) in [5, 5.41) is 3.39. The largest absolute Gasteiger partial charge is 0.378 e. The van der Waals surface area contributed by atoms with Crippen molar-refractivity contribution in [2.24, 2.45) is 5.92 Å². The standard InChI is InChI=1S/C9H19NO/c1-3-11-8(2)9-5-4-6-10-7-9/h8-10H,3-7H2,1-2H3. The number of rotatable bonds is 3. The van der Waals surface area contributed by atoms with Crippen molar-refractivity contribution in [3.05, 3.63) is 0 Å². The van der Waals surface area contributed by atoms with Crippen molar-refractivity contribution in [1.29, 1.82) is 0 Å². The maximum Gasteiger partial charge on any atom is 0.0587 e. The molecule has 2 unspecified atom stereocenters. The molecule has 0 spiro atoms. The Morgan fingerprint density at radius 3 is 3.00 bits per heavy atom. The summed E-state index contributed by atoms with van der Waals surface area (Å²) in [6.45, 7) is 7.42. The Morgan fingerprint density at radius 1 is 1.64 bits per heavy atom. The fourth-order valence-electron chi connectivity index (χ4n) is 1.68. The highest BCUT2D eigenvalue weighted by molar-refractivity contribution is 4.73. The van der Waals surface area contributed by atoms with Gasteiger partial charge in [0.2, 0.25) is 0 Å². The van der Waals surface area contributed by atoms with E-state index in [2.05, 4.69) is 19.2 Å². The number of hydrogen-bond donors (Lipinski definition) is 1. The molecule has 1 aliphatic rings. The van der Waals surface area contributed by atoms with Gasteiger partial charge >= 0.3 is 0 Å². The molecule has 2 nitrogen and oxygen atoms in total. The highest BCUT2D eigenvalue weighted by Crippen LogP contribution is 2.16. The van der Waals surface area contributed by atoms with Crippen LogP contribution in [0.5, 0.6) is 0 Å². The molecule has 1 rings (SSSR count). The van der Waals surface area contributed by atoms with E-state index in [4.69, 9.17) is 4.74 Å². The SMILES string of the molecule is CCOC(C)C1CCCNC1. The lowest BCUT2D eigenvalue weighted by molar-refractivity contribution is 0.0249. The van der Waals surface area contributed by atoms with Crippen molar-refractivity contribution >= 4 is 0 Å². The highest BCUT2D eigenvalue weighted by Gasteiger charge is 2.19. The first-order chi connectivity index (χ1) is 5.34. The van der Waals surface area contributed by atoms with Crippen LogP contribution in [0.3, 0.4) is 0 Å². The zero-order valence-electron chi connectivity index (χ0n) is 7.60. The van der Waals surface area contributed by atoms with Gasteiger partial charge in [-0.15, -0.1) is 0 Å². The van der Waals surface area contributed by atoms with Crippen molar-refractivity contribution in [3.63, 3.8) is 0 Å². The van der Waals surface area contributed by atoms with Crippen LogP contribution in [0.15, 0.2) is 0 Å². The van der Waals surface area contributed by atoms with Crippen LogP contribution in [-0.2, 0) is 4.74 Å². The van der Waals surface area contributed by atoms with Crippen molar-refractivity contribution in [1.82, 2.24) is 5.32 Å². The lowest BCUT2D eigenvalue weighted by atomic mass is 9.95. The van der Waals surface area contributed by atoms with Crippen LogP contribution in [0.25, 0.3) is 0 Å². The summed E-state index contributed by atoms with van der Waals surface area (Å²) < 4.78 is 5.54. The molecule has 0 aromatic heterocycles. The zero-order valence-corrected chi connectivity index (χ0v) is 7.60. The van der Waals surface area contributed by atoms with Gasteiger partial charge in [0.25, 0.3) is 0 Å². The van der Waals surface area contributed by atoms with Crippen LogP contribution >= 0.6 is 0 Å². The predicted molar refractivity (Wildman–Crippen MR) is 46.7 cm³/mol. The van der Waals surface area contributed by atoms with Gasteiger partial charge in [0, 0.05) is 13.2 Å². The average Bonchev–Trinajstić information content (AvgIpc) is 2.07. The maximum absolute atomic E-state index is 5.54. The molecule has 2 atom stereocenters. The van der Waals surface area contributed by atoms with E-state index in [0.717, 1.165) is 19.1 Å². The second-order valence-corrected chi connectivity index (χ2v) is 3.27. The van der Waals surface area contributed by atoms with Crippen molar-refractivity contribution in [2.75, 3.05) is 19.7 Å². The molecule has 1 saturated heterocycles. The molecule has 0 aromatic carbocycles. The van der Waals surface area contributed by atoms with Crippen LogP contribution in [0, 0.1) is 5.92 Å². The Kier molecular flexibility index (Phi) is 3.87.